The van der Waals surface area contributed by atoms with Crippen LogP contribution < -0.4 is 4.74 Å². The minimum Gasteiger partial charge on any atom is -0.493 e. The Hall–Kier alpha value is -2.67. The van der Waals surface area contributed by atoms with E-state index in [9.17, 15) is 9.90 Å². The molecule has 0 bridgehead atoms. The number of hydrogen-bond acceptors (Lipinski definition) is 4. The zero-order valence-electron chi connectivity index (χ0n) is 13.7. The van der Waals surface area contributed by atoms with Crippen LogP contribution in [-0.2, 0) is 11.8 Å². The monoisotopic (exact) mass is 401 g/mol. The highest BCUT2D eigenvalue weighted by atomic mass is 79.9. The Morgan fingerprint density at radius 1 is 1.28 bits per heavy atom. The van der Waals surface area contributed by atoms with E-state index >= 15 is 0 Å². The number of aryl methyl sites for hydroxylation is 2. The second-order valence-electron chi connectivity index (χ2n) is 5.54. The van der Waals surface area contributed by atoms with Gasteiger partial charge in [0.15, 0.2) is 12.3 Å². The molecule has 128 valence electrons. The Morgan fingerprint density at radius 2 is 2.04 bits per heavy atom. The molecule has 0 aliphatic carbocycles. The summed E-state index contributed by atoms with van der Waals surface area (Å²) in [5.41, 5.74) is 1.98. The number of rotatable bonds is 4. The molecule has 0 atom stereocenters. The Bertz CT molecular complexity index is 979. The Balaban J connectivity index is 1.79. The van der Waals surface area contributed by atoms with Gasteiger partial charge in [-0.15, -0.1) is 10.2 Å². The smallest absolute Gasteiger partial charge is 0.302 e. The zero-order valence-corrected chi connectivity index (χ0v) is 15.3. The fraction of sp³-hybridized carbons (Fsp3) is 0.167. The van der Waals surface area contributed by atoms with Gasteiger partial charge in [0, 0.05) is 16.9 Å². The molecule has 0 aliphatic heterocycles. The fourth-order valence-electron chi connectivity index (χ4n) is 2.47. The van der Waals surface area contributed by atoms with Crippen LogP contribution in [0.15, 0.2) is 57.2 Å². The van der Waals surface area contributed by atoms with Crippen LogP contribution in [0.4, 0.5) is 5.69 Å². The summed E-state index contributed by atoms with van der Waals surface area (Å²) >= 11 is 3.39. The summed E-state index contributed by atoms with van der Waals surface area (Å²) in [6, 6.07) is 12.9. The van der Waals surface area contributed by atoms with Gasteiger partial charge in [-0.3, -0.25) is 4.79 Å². The average molecular weight is 402 g/mol. The molecule has 7 heteroatoms. The topological polar surface area (TPSA) is 76.2 Å². The highest BCUT2D eigenvalue weighted by molar-refractivity contribution is 9.10. The number of benzene rings is 2. The highest BCUT2D eigenvalue weighted by Crippen LogP contribution is 2.39. The predicted octanol–water partition coefficient (Wildman–Crippen LogP) is 4.64. The number of nitrogens with zero attached hydrogens (tertiary/aromatic N) is 3. The highest BCUT2D eigenvalue weighted by Gasteiger charge is 2.15. The molecule has 0 unspecified atom stereocenters. The van der Waals surface area contributed by atoms with Gasteiger partial charge in [0.1, 0.15) is 5.75 Å². The van der Waals surface area contributed by atoms with E-state index in [1.165, 1.54) is 0 Å². The normalized spacial score (nSPS) is 11.3. The maximum atomic E-state index is 11.9. The summed E-state index contributed by atoms with van der Waals surface area (Å²) in [6.45, 7) is 1.68. The van der Waals surface area contributed by atoms with Crippen molar-refractivity contribution in [3.63, 3.8) is 0 Å². The first-order valence-corrected chi connectivity index (χ1v) is 8.36. The van der Waals surface area contributed by atoms with Crippen molar-refractivity contribution >= 4 is 38.4 Å². The number of carbonyl (C=O) groups excluding carboxylic acids is 1. The van der Waals surface area contributed by atoms with E-state index in [1.54, 1.807) is 17.7 Å². The van der Waals surface area contributed by atoms with Gasteiger partial charge in [0.2, 0.25) is 5.88 Å². The van der Waals surface area contributed by atoms with E-state index in [1.807, 2.05) is 43.3 Å². The summed E-state index contributed by atoms with van der Waals surface area (Å²) in [7, 11) is 1.72. The molecule has 0 spiro atoms. The maximum Gasteiger partial charge on any atom is 0.302 e. The molecule has 1 heterocycles. The van der Waals surface area contributed by atoms with Crippen molar-refractivity contribution < 1.29 is 14.6 Å². The van der Waals surface area contributed by atoms with Crippen molar-refractivity contribution in [1.29, 1.82) is 0 Å². The lowest BCUT2D eigenvalue weighted by molar-refractivity contribution is -0.120. The number of aromatic hydroxyl groups is 1. The van der Waals surface area contributed by atoms with Crippen LogP contribution >= 0.6 is 15.9 Å². The van der Waals surface area contributed by atoms with Crippen molar-refractivity contribution in [3.8, 4) is 11.6 Å². The molecule has 1 aromatic heterocycles. The summed E-state index contributed by atoms with van der Waals surface area (Å²) in [5, 5.41) is 18.5. The first-order valence-electron chi connectivity index (χ1n) is 7.57. The molecule has 0 aliphatic rings. The van der Waals surface area contributed by atoms with Gasteiger partial charge in [-0.25, -0.2) is 0 Å². The second kappa shape index (κ2) is 7.06. The van der Waals surface area contributed by atoms with Crippen molar-refractivity contribution in [2.45, 2.75) is 6.92 Å². The standard InChI is InChI=1S/C18H16BrN3O3/c1-11-5-3-4-6-15(11)25-10-16(23)20-21-17-13-9-12(19)7-8-14(13)22(2)18(17)24/h3-9,24H,10H2,1-2H3. The predicted molar refractivity (Wildman–Crippen MR) is 98.5 cm³/mol. The van der Waals surface area contributed by atoms with E-state index < -0.39 is 5.91 Å². The first-order chi connectivity index (χ1) is 12.0. The first kappa shape index (κ1) is 17.2. The third-order valence-corrected chi connectivity index (χ3v) is 4.30. The van der Waals surface area contributed by atoms with Crippen LogP contribution in [0.25, 0.3) is 10.9 Å². The lowest BCUT2D eigenvalue weighted by atomic mass is 10.2. The number of hydrogen-bond donors (Lipinski definition) is 1. The van der Waals surface area contributed by atoms with Crippen molar-refractivity contribution in [2.75, 3.05) is 6.61 Å². The quantitative estimate of drug-likeness (QED) is 0.646. The largest absolute Gasteiger partial charge is 0.493 e. The molecule has 1 N–H and O–H groups in total. The molecule has 3 rings (SSSR count). The maximum absolute atomic E-state index is 11.9. The van der Waals surface area contributed by atoms with E-state index in [-0.39, 0.29) is 18.2 Å². The van der Waals surface area contributed by atoms with Crippen molar-refractivity contribution in [1.82, 2.24) is 4.57 Å². The molecule has 25 heavy (non-hydrogen) atoms. The molecular weight excluding hydrogens is 386 g/mol. The third kappa shape index (κ3) is 3.56. The minimum absolute atomic E-state index is 0.0514. The third-order valence-electron chi connectivity index (χ3n) is 3.81. The Kier molecular flexibility index (Phi) is 4.85. The fourth-order valence-corrected chi connectivity index (χ4v) is 2.84. The number of fused-ring (bicyclic) bond motifs is 1. The molecule has 0 saturated heterocycles. The summed E-state index contributed by atoms with van der Waals surface area (Å²) in [5.74, 6) is 0.0436. The lowest BCUT2D eigenvalue weighted by Crippen LogP contribution is -2.08. The van der Waals surface area contributed by atoms with E-state index in [0.717, 1.165) is 15.6 Å². The molecule has 0 saturated carbocycles. The van der Waals surface area contributed by atoms with E-state index in [2.05, 4.69) is 26.2 Å². The molecular formula is C18H16BrN3O3. The van der Waals surface area contributed by atoms with Crippen LogP contribution in [0, 0.1) is 6.92 Å². The Labute approximate surface area is 152 Å². The van der Waals surface area contributed by atoms with Crippen molar-refractivity contribution in [3.05, 3.63) is 52.5 Å². The van der Waals surface area contributed by atoms with Crippen LogP contribution in [0.3, 0.4) is 0 Å². The van der Waals surface area contributed by atoms with Gasteiger partial charge in [0.25, 0.3) is 0 Å². The number of azo groups is 1. The van der Waals surface area contributed by atoms with E-state index in [0.29, 0.717) is 11.1 Å². The SMILES string of the molecule is Cc1ccccc1OCC(=O)N=Nc1c(O)n(C)c2ccc(Br)cc12. The van der Waals surface area contributed by atoms with Crippen LogP contribution in [0.2, 0.25) is 0 Å². The summed E-state index contributed by atoms with van der Waals surface area (Å²) < 4.78 is 7.88. The van der Waals surface area contributed by atoms with Crippen LogP contribution in [0.1, 0.15) is 5.56 Å². The van der Waals surface area contributed by atoms with E-state index in [4.69, 9.17) is 4.74 Å². The molecule has 0 radical (unpaired) electrons. The number of aromatic nitrogens is 1. The second-order valence-corrected chi connectivity index (χ2v) is 6.46. The zero-order chi connectivity index (χ0) is 18.0. The van der Waals surface area contributed by atoms with Gasteiger partial charge < -0.3 is 14.4 Å². The van der Waals surface area contributed by atoms with Gasteiger partial charge in [-0.2, -0.15) is 0 Å². The molecule has 2 aromatic carbocycles. The van der Waals surface area contributed by atoms with Gasteiger partial charge >= 0.3 is 5.91 Å². The molecule has 1 amide bonds. The van der Waals surface area contributed by atoms with Gasteiger partial charge in [0.05, 0.1) is 5.52 Å². The number of carbonyl (C=O) groups is 1. The minimum atomic E-state index is -0.533. The summed E-state index contributed by atoms with van der Waals surface area (Å²) in [4.78, 5) is 11.9. The van der Waals surface area contributed by atoms with Gasteiger partial charge in [-0.05, 0) is 36.8 Å². The van der Waals surface area contributed by atoms with Crippen LogP contribution in [-0.4, -0.2) is 22.2 Å². The Morgan fingerprint density at radius 3 is 2.80 bits per heavy atom. The lowest BCUT2D eigenvalue weighted by Gasteiger charge is -2.05. The summed E-state index contributed by atoms with van der Waals surface area (Å²) in [6.07, 6.45) is 0. The molecule has 3 aromatic rings. The average Bonchev–Trinajstić information content (AvgIpc) is 2.83. The number of ether oxygens (including phenoxy) is 1. The number of halogens is 1. The van der Waals surface area contributed by atoms with Gasteiger partial charge in [-0.1, -0.05) is 34.1 Å². The number of para-hydroxylation sites is 1. The molecule has 6 nitrogen and oxygen atoms in total. The number of amides is 1. The van der Waals surface area contributed by atoms with Crippen molar-refractivity contribution in [2.24, 2.45) is 17.3 Å². The van der Waals surface area contributed by atoms with Crippen LogP contribution in [0.5, 0.6) is 11.6 Å². The molecule has 0 fully saturated rings.